The summed E-state index contributed by atoms with van der Waals surface area (Å²) in [7, 11) is 0. The molecular formula is C14H29NS. The minimum absolute atomic E-state index is 0.833. The van der Waals surface area contributed by atoms with Gasteiger partial charge in [0.15, 0.2) is 0 Å². The van der Waals surface area contributed by atoms with Gasteiger partial charge in [-0.05, 0) is 55.6 Å². The summed E-state index contributed by atoms with van der Waals surface area (Å²) in [6, 6.07) is 0.833. The van der Waals surface area contributed by atoms with Crippen molar-refractivity contribution in [2.75, 3.05) is 18.1 Å². The first kappa shape index (κ1) is 14.4. The van der Waals surface area contributed by atoms with Crippen molar-refractivity contribution in [2.45, 2.75) is 58.9 Å². The Labute approximate surface area is 106 Å². The zero-order chi connectivity index (χ0) is 11.8. The summed E-state index contributed by atoms with van der Waals surface area (Å²) in [6.07, 6.45) is 7.02. The van der Waals surface area contributed by atoms with Crippen LogP contribution >= 0.6 is 11.8 Å². The standard InChI is InChI=1S/C14H29NS/c1-4-9-15-14-7-5-6-13(14)8-10-16-11-12(2)3/h12-15H,4-11H2,1-3H3. The number of hydrogen-bond acceptors (Lipinski definition) is 2. The van der Waals surface area contributed by atoms with E-state index < -0.39 is 0 Å². The summed E-state index contributed by atoms with van der Waals surface area (Å²) in [5.74, 6) is 4.52. The molecule has 0 aliphatic heterocycles. The van der Waals surface area contributed by atoms with E-state index in [0.717, 1.165) is 17.9 Å². The van der Waals surface area contributed by atoms with E-state index in [1.165, 1.54) is 50.2 Å². The van der Waals surface area contributed by atoms with Crippen molar-refractivity contribution in [1.82, 2.24) is 5.32 Å². The second-order valence-corrected chi connectivity index (χ2v) is 6.66. The third-order valence-electron chi connectivity index (χ3n) is 3.40. The molecule has 16 heavy (non-hydrogen) atoms. The number of thioether (sulfide) groups is 1. The van der Waals surface area contributed by atoms with Crippen LogP contribution in [0, 0.1) is 11.8 Å². The van der Waals surface area contributed by atoms with E-state index in [9.17, 15) is 0 Å². The average Bonchev–Trinajstić information content (AvgIpc) is 2.69. The van der Waals surface area contributed by atoms with Gasteiger partial charge in [0.25, 0.3) is 0 Å². The Balaban J connectivity index is 2.09. The minimum atomic E-state index is 0.833. The van der Waals surface area contributed by atoms with E-state index in [-0.39, 0.29) is 0 Å². The molecule has 2 heteroatoms. The molecule has 1 aliphatic rings. The topological polar surface area (TPSA) is 12.0 Å². The number of hydrogen-bond donors (Lipinski definition) is 1. The highest BCUT2D eigenvalue weighted by Gasteiger charge is 2.25. The highest BCUT2D eigenvalue weighted by Crippen LogP contribution is 2.29. The lowest BCUT2D eigenvalue weighted by atomic mass is 10.0. The van der Waals surface area contributed by atoms with Gasteiger partial charge in [-0.15, -0.1) is 0 Å². The van der Waals surface area contributed by atoms with Gasteiger partial charge in [0.2, 0.25) is 0 Å². The van der Waals surface area contributed by atoms with Crippen LogP contribution in [0.1, 0.15) is 52.9 Å². The predicted octanol–water partition coefficient (Wildman–Crippen LogP) is 3.93. The van der Waals surface area contributed by atoms with Crippen LogP contribution in [-0.4, -0.2) is 24.1 Å². The second-order valence-electron chi connectivity index (χ2n) is 5.51. The summed E-state index contributed by atoms with van der Waals surface area (Å²) < 4.78 is 0. The molecule has 1 saturated carbocycles. The van der Waals surface area contributed by atoms with Crippen molar-refractivity contribution < 1.29 is 0 Å². The Morgan fingerprint density at radius 3 is 2.81 bits per heavy atom. The molecule has 1 rings (SSSR count). The summed E-state index contributed by atoms with van der Waals surface area (Å²) in [6.45, 7) is 8.10. The molecule has 0 aromatic carbocycles. The fourth-order valence-electron chi connectivity index (χ4n) is 2.53. The summed E-state index contributed by atoms with van der Waals surface area (Å²) in [4.78, 5) is 0. The van der Waals surface area contributed by atoms with Gasteiger partial charge >= 0.3 is 0 Å². The lowest BCUT2D eigenvalue weighted by Gasteiger charge is -2.20. The van der Waals surface area contributed by atoms with E-state index in [0.29, 0.717) is 0 Å². The Hall–Kier alpha value is 0.310. The van der Waals surface area contributed by atoms with Gasteiger partial charge in [-0.3, -0.25) is 0 Å². The van der Waals surface area contributed by atoms with E-state index in [2.05, 4.69) is 37.8 Å². The fraction of sp³-hybridized carbons (Fsp3) is 1.00. The van der Waals surface area contributed by atoms with E-state index >= 15 is 0 Å². The molecule has 1 nitrogen and oxygen atoms in total. The molecule has 0 bridgehead atoms. The maximum atomic E-state index is 3.72. The first-order chi connectivity index (χ1) is 7.74. The lowest BCUT2D eigenvalue weighted by Crippen LogP contribution is -2.33. The highest BCUT2D eigenvalue weighted by molar-refractivity contribution is 7.99. The Morgan fingerprint density at radius 1 is 1.31 bits per heavy atom. The van der Waals surface area contributed by atoms with E-state index in [1.807, 2.05) is 0 Å². The fourth-order valence-corrected chi connectivity index (χ4v) is 3.64. The van der Waals surface area contributed by atoms with Crippen LogP contribution in [0.15, 0.2) is 0 Å². The predicted molar refractivity (Wildman–Crippen MR) is 76.2 cm³/mol. The van der Waals surface area contributed by atoms with Crippen molar-refractivity contribution in [3.8, 4) is 0 Å². The lowest BCUT2D eigenvalue weighted by molar-refractivity contribution is 0.393. The quantitative estimate of drug-likeness (QED) is 0.648. The van der Waals surface area contributed by atoms with Gasteiger partial charge in [0.1, 0.15) is 0 Å². The summed E-state index contributed by atoms with van der Waals surface area (Å²) >= 11 is 2.15. The summed E-state index contributed by atoms with van der Waals surface area (Å²) in [5, 5.41) is 3.72. The van der Waals surface area contributed by atoms with Crippen LogP contribution in [0.25, 0.3) is 0 Å². The SMILES string of the molecule is CCCNC1CCCC1CCSCC(C)C. The van der Waals surface area contributed by atoms with Crippen molar-refractivity contribution in [2.24, 2.45) is 11.8 Å². The molecule has 96 valence electrons. The van der Waals surface area contributed by atoms with Gasteiger partial charge < -0.3 is 5.32 Å². The van der Waals surface area contributed by atoms with E-state index in [4.69, 9.17) is 0 Å². The third-order valence-corrected chi connectivity index (χ3v) is 4.83. The monoisotopic (exact) mass is 243 g/mol. The van der Waals surface area contributed by atoms with Gasteiger partial charge in [-0.25, -0.2) is 0 Å². The molecule has 1 aliphatic carbocycles. The second kappa shape index (κ2) is 8.41. The Kier molecular flexibility index (Phi) is 7.55. The maximum absolute atomic E-state index is 3.72. The van der Waals surface area contributed by atoms with Gasteiger partial charge in [0.05, 0.1) is 0 Å². The largest absolute Gasteiger partial charge is 0.314 e. The highest BCUT2D eigenvalue weighted by atomic mass is 32.2. The van der Waals surface area contributed by atoms with Crippen LogP contribution in [0.3, 0.4) is 0 Å². The molecule has 1 fully saturated rings. The van der Waals surface area contributed by atoms with E-state index in [1.54, 1.807) is 0 Å². The molecule has 0 radical (unpaired) electrons. The zero-order valence-corrected chi connectivity index (χ0v) is 12.1. The van der Waals surface area contributed by atoms with Crippen molar-refractivity contribution in [1.29, 1.82) is 0 Å². The molecule has 0 saturated heterocycles. The molecule has 2 unspecified atom stereocenters. The molecule has 0 amide bonds. The average molecular weight is 243 g/mol. The Bertz CT molecular complexity index is 170. The van der Waals surface area contributed by atoms with Crippen LogP contribution < -0.4 is 5.32 Å². The molecular weight excluding hydrogens is 214 g/mol. The van der Waals surface area contributed by atoms with Gasteiger partial charge in [-0.2, -0.15) is 11.8 Å². The molecule has 0 aromatic rings. The number of rotatable bonds is 8. The third kappa shape index (κ3) is 5.58. The smallest absolute Gasteiger partial charge is 0.00956 e. The van der Waals surface area contributed by atoms with Crippen molar-refractivity contribution in [3.05, 3.63) is 0 Å². The molecule has 0 aromatic heterocycles. The van der Waals surface area contributed by atoms with Gasteiger partial charge in [0, 0.05) is 6.04 Å². The van der Waals surface area contributed by atoms with Crippen molar-refractivity contribution in [3.63, 3.8) is 0 Å². The van der Waals surface area contributed by atoms with Crippen LogP contribution in [0.5, 0.6) is 0 Å². The van der Waals surface area contributed by atoms with Crippen molar-refractivity contribution >= 4 is 11.8 Å². The Morgan fingerprint density at radius 2 is 2.12 bits per heavy atom. The molecule has 0 spiro atoms. The summed E-state index contributed by atoms with van der Waals surface area (Å²) in [5.41, 5.74) is 0. The minimum Gasteiger partial charge on any atom is -0.314 e. The van der Waals surface area contributed by atoms with Crippen LogP contribution in [0.4, 0.5) is 0 Å². The first-order valence-corrected chi connectivity index (χ1v) is 8.20. The van der Waals surface area contributed by atoms with Crippen LogP contribution in [0.2, 0.25) is 0 Å². The first-order valence-electron chi connectivity index (χ1n) is 7.05. The molecule has 2 atom stereocenters. The molecule has 1 N–H and O–H groups in total. The van der Waals surface area contributed by atoms with Crippen LogP contribution in [-0.2, 0) is 0 Å². The zero-order valence-electron chi connectivity index (χ0n) is 11.3. The molecule has 0 heterocycles. The normalized spacial score (nSPS) is 25.5. The number of nitrogens with one attached hydrogen (secondary N) is 1. The van der Waals surface area contributed by atoms with Gasteiger partial charge in [-0.1, -0.05) is 27.2 Å². The maximum Gasteiger partial charge on any atom is 0.00956 e.